The summed E-state index contributed by atoms with van der Waals surface area (Å²) in [6.45, 7) is 1.04. The lowest BCUT2D eigenvalue weighted by molar-refractivity contribution is -0.121. The Hall–Kier alpha value is -2.86. The second-order valence-corrected chi connectivity index (χ2v) is 8.28. The van der Waals surface area contributed by atoms with E-state index < -0.39 is 0 Å². The number of nitrogens with zero attached hydrogens (tertiary/aromatic N) is 2. The van der Waals surface area contributed by atoms with Crippen LogP contribution in [0.25, 0.3) is 0 Å². The summed E-state index contributed by atoms with van der Waals surface area (Å²) in [5.41, 5.74) is 2.42. The third-order valence-corrected chi connectivity index (χ3v) is 5.84. The molecule has 0 fully saturated rings. The molecule has 0 saturated heterocycles. The number of ether oxygens (including phenoxy) is 1. The molecule has 2 heterocycles. The molecule has 1 N–H and O–H groups in total. The number of carbonyl (C=O) groups excluding carboxylic acids is 2. The molecule has 1 aliphatic heterocycles. The van der Waals surface area contributed by atoms with Gasteiger partial charge in [0.2, 0.25) is 11.8 Å². The number of amides is 2. The highest BCUT2D eigenvalue weighted by Crippen LogP contribution is 2.39. The van der Waals surface area contributed by atoms with Gasteiger partial charge in [0.05, 0.1) is 5.69 Å². The Morgan fingerprint density at radius 3 is 3.00 bits per heavy atom. The first-order valence-corrected chi connectivity index (χ1v) is 11.2. The van der Waals surface area contributed by atoms with Crippen molar-refractivity contribution in [3.05, 3.63) is 58.8 Å². The van der Waals surface area contributed by atoms with Crippen LogP contribution >= 0.6 is 11.6 Å². The summed E-state index contributed by atoms with van der Waals surface area (Å²) in [5.74, 6) is 0.575. The number of halogens is 1. The van der Waals surface area contributed by atoms with Gasteiger partial charge in [-0.25, -0.2) is 4.98 Å². The van der Waals surface area contributed by atoms with Crippen LogP contribution in [0.15, 0.2) is 48.2 Å². The molecule has 0 radical (unpaired) electrons. The summed E-state index contributed by atoms with van der Waals surface area (Å²) >= 11 is 6.18. The SMILES string of the molecule is O=C(CCCN1C(=O)c2cccnc2Oc2ccc(Cl)cc21)NCCC1=CCCCC1. The molecular weight excluding hydrogens is 414 g/mol. The second-order valence-electron chi connectivity index (χ2n) is 7.84. The Morgan fingerprint density at radius 1 is 1.26 bits per heavy atom. The number of hydrogen-bond acceptors (Lipinski definition) is 4. The van der Waals surface area contributed by atoms with Crippen molar-refractivity contribution in [1.29, 1.82) is 0 Å². The van der Waals surface area contributed by atoms with Crippen LogP contribution in [-0.4, -0.2) is 29.9 Å². The van der Waals surface area contributed by atoms with Crippen molar-refractivity contribution in [2.24, 2.45) is 0 Å². The molecule has 2 aliphatic rings. The summed E-state index contributed by atoms with van der Waals surface area (Å²) in [6.07, 6.45) is 10.5. The van der Waals surface area contributed by atoms with E-state index in [0.717, 1.165) is 19.3 Å². The van der Waals surface area contributed by atoms with Crippen molar-refractivity contribution < 1.29 is 14.3 Å². The van der Waals surface area contributed by atoms with E-state index in [1.54, 1.807) is 41.4 Å². The fourth-order valence-electron chi connectivity index (χ4n) is 3.98. The zero-order chi connectivity index (χ0) is 21.6. The van der Waals surface area contributed by atoms with Crippen LogP contribution in [0.1, 0.15) is 55.3 Å². The number of nitrogens with one attached hydrogen (secondary N) is 1. The summed E-state index contributed by atoms with van der Waals surface area (Å²) in [6, 6.07) is 8.55. The molecule has 1 aliphatic carbocycles. The molecule has 2 aromatic rings. The van der Waals surface area contributed by atoms with E-state index >= 15 is 0 Å². The maximum Gasteiger partial charge on any atom is 0.263 e. The Labute approximate surface area is 187 Å². The smallest absolute Gasteiger partial charge is 0.263 e. The van der Waals surface area contributed by atoms with Gasteiger partial charge in [-0.1, -0.05) is 23.3 Å². The molecule has 162 valence electrons. The van der Waals surface area contributed by atoms with Gasteiger partial charge in [0.15, 0.2) is 5.75 Å². The first-order valence-electron chi connectivity index (χ1n) is 10.8. The highest BCUT2D eigenvalue weighted by Gasteiger charge is 2.29. The highest BCUT2D eigenvalue weighted by molar-refractivity contribution is 6.31. The number of carbonyl (C=O) groups is 2. The number of anilines is 1. The highest BCUT2D eigenvalue weighted by atomic mass is 35.5. The van der Waals surface area contributed by atoms with Crippen LogP contribution in [0.4, 0.5) is 5.69 Å². The predicted molar refractivity (Wildman–Crippen MR) is 121 cm³/mol. The summed E-state index contributed by atoms with van der Waals surface area (Å²) in [4.78, 5) is 31.3. The number of allylic oxidation sites excluding steroid dienone is 1. The molecular formula is C24H26ClN3O3. The maximum absolute atomic E-state index is 13.2. The lowest BCUT2D eigenvalue weighted by atomic mass is 9.97. The number of benzene rings is 1. The van der Waals surface area contributed by atoms with Crippen LogP contribution in [0.2, 0.25) is 5.02 Å². The number of hydrogen-bond donors (Lipinski definition) is 1. The minimum Gasteiger partial charge on any atom is -0.436 e. The van der Waals surface area contributed by atoms with Gasteiger partial charge in [-0.15, -0.1) is 0 Å². The first kappa shape index (κ1) is 21.4. The molecule has 0 atom stereocenters. The normalized spacial score (nSPS) is 15.3. The molecule has 2 amide bonds. The topological polar surface area (TPSA) is 71.5 Å². The van der Waals surface area contributed by atoms with E-state index in [4.69, 9.17) is 16.3 Å². The molecule has 0 saturated carbocycles. The van der Waals surface area contributed by atoms with E-state index in [1.165, 1.54) is 18.4 Å². The van der Waals surface area contributed by atoms with Gasteiger partial charge >= 0.3 is 0 Å². The zero-order valence-corrected chi connectivity index (χ0v) is 18.2. The van der Waals surface area contributed by atoms with E-state index in [9.17, 15) is 9.59 Å². The summed E-state index contributed by atoms with van der Waals surface area (Å²) in [7, 11) is 0. The lowest BCUT2D eigenvalue weighted by Gasteiger charge is -2.22. The maximum atomic E-state index is 13.2. The van der Waals surface area contributed by atoms with Gasteiger partial charge in [0.1, 0.15) is 5.56 Å². The summed E-state index contributed by atoms with van der Waals surface area (Å²) < 4.78 is 5.88. The standard InChI is InChI=1S/C24H26ClN3O3/c25-18-10-11-21-20(16-18)28(24(30)19-8-4-13-27-23(19)31-21)15-5-9-22(29)26-14-12-17-6-2-1-3-7-17/h4,6,8,10-11,13,16H,1-3,5,7,9,12,14-15H2,(H,26,29). The molecule has 7 heteroatoms. The van der Waals surface area contributed by atoms with Crippen LogP contribution in [0, 0.1) is 0 Å². The number of rotatable bonds is 7. The molecule has 4 rings (SSSR count). The van der Waals surface area contributed by atoms with Crippen molar-refractivity contribution in [3.8, 4) is 11.6 Å². The van der Waals surface area contributed by atoms with Crippen LogP contribution in [-0.2, 0) is 4.79 Å². The van der Waals surface area contributed by atoms with Gasteiger partial charge < -0.3 is 15.0 Å². The van der Waals surface area contributed by atoms with Gasteiger partial charge in [-0.05, 0) is 68.9 Å². The molecule has 1 aromatic heterocycles. The number of aromatic nitrogens is 1. The molecule has 1 aromatic carbocycles. The Bertz CT molecular complexity index is 1010. The van der Waals surface area contributed by atoms with Crippen LogP contribution in [0.5, 0.6) is 11.6 Å². The second kappa shape index (κ2) is 9.96. The van der Waals surface area contributed by atoms with Crippen molar-refractivity contribution in [1.82, 2.24) is 10.3 Å². The van der Waals surface area contributed by atoms with E-state index in [0.29, 0.717) is 48.0 Å². The van der Waals surface area contributed by atoms with Gasteiger partial charge in [0.25, 0.3) is 5.91 Å². The van der Waals surface area contributed by atoms with Crippen molar-refractivity contribution in [2.45, 2.75) is 44.9 Å². The monoisotopic (exact) mass is 439 g/mol. The molecule has 6 nitrogen and oxygen atoms in total. The van der Waals surface area contributed by atoms with Gasteiger partial charge in [-0.2, -0.15) is 0 Å². The predicted octanol–water partition coefficient (Wildman–Crippen LogP) is 5.27. The average Bonchev–Trinajstić information content (AvgIpc) is 2.89. The third-order valence-electron chi connectivity index (χ3n) is 5.60. The van der Waals surface area contributed by atoms with E-state index in [1.807, 2.05) is 0 Å². The van der Waals surface area contributed by atoms with E-state index in [-0.39, 0.29) is 17.7 Å². The Morgan fingerprint density at radius 2 is 2.16 bits per heavy atom. The van der Waals surface area contributed by atoms with Crippen LogP contribution in [0.3, 0.4) is 0 Å². The van der Waals surface area contributed by atoms with Crippen LogP contribution < -0.4 is 15.0 Å². The minimum atomic E-state index is -0.214. The lowest BCUT2D eigenvalue weighted by Crippen LogP contribution is -2.32. The van der Waals surface area contributed by atoms with Crippen molar-refractivity contribution in [3.63, 3.8) is 0 Å². The van der Waals surface area contributed by atoms with Crippen molar-refractivity contribution >= 4 is 29.1 Å². The number of pyridine rings is 1. The zero-order valence-electron chi connectivity index (χ0n) is 17.4. The van der Waals surface area contributed by atoms with E-state index in [2.05, 4.69) is 16.4 Å². The molecule has 0 bridgehead atoms. The molecule has 0 unspecified atom stereocenters. The average molecular weight is 440 g/mol. The van der Waals surface area contributed by atoms with Gasteiger partial charge in [-0.3, -0.25) is 9.59 Å². The first-order chi connectivity index (χ1) is 15.1. The van der Waals surface area contributed by atoms with Gasteiger partial charge in [0, 0.05) is 30.7 Å². The third kappa shape index (κ3) is 5.25. The number of fused-ring (bicyclic) bond motifs is 2. The Balaban J connectivity index is 1.38. The largest absolute Gasteiger partial charge is 0.436 e. The fraction of sp³-hybridized carbons (Fsp3) is 0.375. The molecule has 31 heavy (non-hydrogen) atoms. The summed E-state index contributed by atoms with van der Waals surface area (Å²) in [5, 5.41) is 3.50. The fourth-order valence-corrected chi connectivity index (χ4v) is 4.15. The minimum absolute atomic E-state index is 0.00307. The quantitative estimate of drug-likeness (QED) is 0.596. The van der Waals surface area contributed by atoms with Crippen molar-refractivity contribution in [2.75, 3.05) is 18.0 Å². The molecule has 0 spiro atoms. The Kier molecular flexibility index (Phi) is 6.87.